The fraction of sp³-hybridized carbons (Fsp3) is 0.400. The molecule has 2 aromatic rings. The summed E-state index contributed by atoms with van der Waals surface area (Å²) in [7, 11) is 0. The Balaban J connectivity index is 1.35. The predicted molar refractivity (Wildman–Crippen MR) is 117 cm³/mol. The van der Waals surface area contributed by atoms with Crippen LogP contribution >= 0.6 is 0 Å². The number of rotatable bonds is 6. The van der Waals surface area contributed by atoms with Gasteiger partial charge in [-0.2, -0.15) is 0 Å². The summed E-state index contributed by atoms with van der Waals surface area (Å²) in [4.78, 5) is 39.9. The third-order valence-electron chi connectivity index (χ3n) is 7.00. The van der Waals surface area contributed by atoms with E-state index in [-0.39, 0.29) is 53.2 Å². The lowest BCUT2D eigenvalue weighted by molar-refractivity contribution is -0.145. The van der Waals surface area contributed by atoms with E-state index in [4.69, 9.17) is 4.74 Å². The first kappa shape index (κ1) is 20.7. The summed E-state index contributed by atoms with van der Waals surface area (Å²) in [6.45, 7) is 2.29. The van der Waals surface area contributed by atoms with Crippen molar-refractivity contribution in [1.29, 1.82) is 0 Å². The Morgan fingerprint density at radius 2 is 1.97 bits per heavy atom. The zero-order chi connectivity index (χ0) is 22.4. The summed E-state index contributed by atoms with van der Waals surface area (Å²) in [6.07, 6.45) is 2.24. The number of hydrogen-bond acceptors (Lipinski definition) is 4. The van der Waals surface area contributed by atoms with Gasteiger partial charge in [0.25, 0.3) is 5.91 Å². The average molecular weight is 436 g/mol. The van der Waals surface area contributed by atoms with Gasteiger partial charge in [0.2, 0.25) is 5.91 Å². The van der Waals surface area contributed by atoms with E-state index in [9.17, 15) is 18.8 Å². The van der Waals surface area contributed by atoms with Crippen molar-refractivity contribution in [1.82, 2.24) is 0 Å². The lowest BCUT2D eigenvalue weighted by Crippen LogP contribution is -2.36. The number of carbonyl (C=O) groups is 3. The van der Waals surface area contributed by atoms with Crippen molar-refractivity contribution < 1.29 is 23.5 Å². The van der Waals surface area contributed by atoms with E-state index in [2.05, 4.69) is 5.32 Å². The molecule has 5 rings (SSSR count). The normalized spacial score (nSPS) is 27.3. The number of nitrogens with one attached hydrogen (secondary N) is 1. The van der Waals surface area contributed by atoms with Crippen molar-refractivity contribution in [3.8, 4) is 0 Å². The highest BCUT2D eigenvalue weighted by atomic mass is 19.1. The Morgan fingerprint density at radius 1 is 1.16 bits per heavy atom. The monoisotopic (exact) mass is 436 g/mol. The smallest absolute Gasteiger partial charge is 0.310 e. The first-order chi connectivity index (χ1) is 15.5. The van der Waals surface area contributed by atoms with Gasteiger partial charge in [0, 0.05) is 23.7 Å². The number of esters is 1. The number of benzene rings is 2. The summed E-state index contributed by atoms with van der Waals surface area (Å²) in [5.41, 5.74) is 1.06. The Morgan fingerprint density at radius 3 is 2.75 bits per heavy atom. The second-order valence-corrected chi connectivity index (χ2v) is 8.90. The highest BCUT2D eigenvalue weighted by molar-refractivity contribution is 6.07. The minimum Gasteiger partial charge on any atom is -0.462 e. The molecule has 0 spiro atoms. The van der Waals surface area contributed by atoms with Crippen LogP contribution in [0, 0.1) is 29.5 Å². The van der Waals surface area contributed by atoms with Gasteiger partial charge in [-0.25, -0.2) is 4.39 Å². The number of carbonyl (C=O) groups excluding carboxylic acids is 3. The molecule has 0 unspecified atom stereocenters. The van der Waals surface area contributed by atoms with Crippen LogP contribution in [0.2, 0.25) is 0 Å². The Kier molecular flexibility index (Phi) is 5.19. The molecule has 0 aromatic heterocycles. The van der Waals surface area contributed by atoms with Crippen LogP contribution in [0.1, 0.15) is 36.5 Å². The summed E-state index contributed by atoms with van der Waals surface area (Å²) >= 11 is 0. The molecule has 2 aliphatic carbocycles. The van der Waals surface area contributed by atoms with Crippen molar-refractivity contribution in [3.63, 3.8) is 0 Å². The Hall–Kier alpha value is -3.22. The maximum atomic E-state index is 14.4. The first-order valence-corrected chi connectivity index (χ1v) is 11.2. The summed E-state index contributed by atoms with van der Waals surface area (Å²) in [5.74, 6) is -1.70. The molecule has 2 bridgehead atoms. The molecule has 7 heteroatoms. The number of fused-ring (bicyclic) bond motifs is 1. The van der Waals surface area contributed by atoms with E-state index in [1.807, 2.05) is 6.92 Å². The SMILES string of the molecule is CCCN(C(=O)c1cccc(NC(=O)[C@H]2[C@H]3C[C@H]4[C@H]2C(=O)O[C@@H]4C3)c1)c1ccccc1F. The molecule has 1 saturated heterocycles. The minimum absolute atomic E-state index is 0.0227. The molecule has 32 heavy (non-hydrogen) atoms. The Bertz CT molecular complexity index is 1090. The van der Waals surface area contributed by atoms with Crippen molar-refractivity contribution >= 4 is 29.2 Å². The largest absolute Gasteiger partial charge is 0.462 e. The number of anilines is 2. The maximum Gasteiger partial charge on any atom is 0.310 e. The van der Waals surface area contributed by atoms with E-state index in [1.165, 1.54) is 11.0 Å². The van der Waals surface area contributed by atoms with Gasteiger partial charge in [-0.1, -0.05) is 25.1 Å². The van der Waals surface area contributed by atoms with Gasteiger partial charge in [0.15, 0.2) is 0 Å². The third kappa shape index (κ3) is 3.36. The molecule has 6 nitrogen and oxygen atoms in total. The molecule has 166 valence electrons. The minimum atomic E-state index is -0.461. The van der Waals surface area contributed by atoms with Crippen LogP contribution in [0.5, 0.6) is 0 Å². The second-order valence-electron chi connectivity index (χ2n) is 8.90. The molecule has 5 atom stereocenters. The predicted octanol–water partition coefficient (Wildman–Crippen LogP) is 4.02. The molecule has 2 aromatic carbocycles. The quantitative estimate of drug-likeness (QED) is 0.694. The van der Waals surface area contributed by atoms with Crippen LogP contribution < -0.4 is 10.2 Å². The molecule has 1 N–H and O–H groups in total. The number of amides is 2. The van der Waals surface area contributed by atoms with Crippen LogP contribution in [-0.2, 0) is 14.3 Å². The zero-order valence-electron chi connectivity index (χ0n) is 17.8. The van der Waals surface area contributed by atoms with E-state index in [1.54, 1.807) is 42.5 Å². The summed E-state index contributed by atoms with van der Waals surface area (Å²) < 4.78 is 19.8. The third-order valence-corrected chi connectivity index (χ3v) is 7.00. The van der Waals surface area contributed by atoms with Gasteiger partial charge >= 0.3 is 5.97 Å². The van der Waals surface area contributed by atoms with E-state index in [0.717, 1.165) is 12.8 Å². The highest BCUT2D eigenvalue weighted by Gasteiger charge is 2.63. The van der Waals surface area contributed by atoms with Crippen LogP contribution in [0.3, 0.4) is 0 Å². The lowest BCUT2D eigenvalue weighted by atomic mass is 9.79. The van der Waals surface area contributed by atoms with Crippen molar-refractivity contribution in [3.05, 3.63) is 59.9 Å². The molecule has 1 heterocycles. The van der Waals surface area contributed by atoms with Gasteiger partial charge < -0.3 is 15.0 Å². The standard InChI is InChI=1S/C25H25FN2O4/c1-2-10-28(19-9-4-3-8-18(19)26)24(30)14-6-5-7-16(11-14)27-23(29)21-15-12-17-20(13-15)32-25(31)22(17)21/h3-9,11,15,17,20-22H,2,10,12-13H2,1H3,(H,27,29)/t15-,17+,20+,21-,22+/m0/s1. The fourth-order valence-corrected chi connectivity index (χ4v) is 5.70. The van der Waals surface area contributed by atoms with E-state index < -0.39 is 5.82 Å². The lowest BCUT2D eigenvalue weighted by Gasteiger charge is -2.24. The van der Waals surface area contributed by atoms with Crippen molar-refractivity contribution in [2.24, 2.45) is 23.7 Å². The Labute approximate surface area is 185 Å². The number of nitrogens with zero attached hydrogens (tertiary/aromatic N) is 1. The van der Waals surface area contributed by atoms with Gasteiger partial charge in [0.1, 0.15) is 11.9 Å². The second kappa shape index (κ2) is 8.04. The van der Waals surface area contributed by atoms with Gasteiger partial charge in [0.05, 0.1) is 17.5 Å². The number of halogens is 1. The van der Waals surface area contributed by atoms with Crippen LogP contribution in [-0.4, -0.2) is 30.4 Å². The summed E-state index contributed by atoms with van der Waals surface area (Å²) in [6, 6.07) is 12.8. The van der Waals surface area contributed by atoms with Crippen molar-refractivity contribution in [2.45, 2.75) is 32.3 Å². The average Bonchev–Trinajstić information content (AvgIpc) is 3.41. The molecule has 3 fully saturated rings. The highest BCUT2D eigenvalue weighted by Crippen LogP contribution is 2.57. The maximum absolute atomic E-state index is 14.4. The van der Waals surface area contributed by atoms with Crippen LogP contribution in [0.4, 0.5) is 15.8 Å². The van der Waals surface area contributed by atoms with Crippen LogP contribution in [0.25, 0.3) is 0 Å². The fourth-order valence-electron chi connectivity index (χ4n) is 5.70. The molecule has 3 aliphatic rings. The number of para-hydroxylation sites is 1. The molecule has 2 saturated carbocycles. The molecule has 2 amide bonds. The zero-order valence-corrected chi connectivity index (χ0v) is 17.8. The topological polar surface area (TPSA) is 75.7 Å². The molecule has 1 aliphatic heterocycles. The molecule has 0 radical (unpaired) electrons. The summed E-state index contributed by atoms with van der Waals surface area (Å²) in [5, 5.41) is 2.90. The first-order valence-electron chi connectivity index (χ1n) is 11.2. The van der Waals surface area contributed by atoms with Gasteiger partial charge in [-0.3, -0.25) is 14.4 Å². The van der Waals surface area contributed by atoms with Crippen molar-refractivity contribution in [2.75, 3.05) is 16.8 Å². The number of hydrogen-bond donors (Lipinski definition) is 1. The number of ether oxygens (including phenoxy) is 1. The van der Waals surface area contributed by atoms with Gasteiger partial charge in [-0.05, 0) is 55.5 Å². The van der Waals surface area contributed by atoms with E-state index in [0.29, 0.717) is 24.2 Å². The molecular formula is C25H25FN2O4. The van der Waals surface area contributed by atoms with Crippen LogP contribution in [0.15, 0.2) is 48.5 Å². The van der Waals surface area contributed by atoms with Gasteiger partial charge in [-0.15, -0.1) is 0 Å². The molecular weight excluding hydrogens is 411 g/mol. The van der Waals surface area contributed by atoms with E-state index >= 15 is 0 Å².